The summed E-state index contributed by atoms with van der Waals surface area (Å²) < 4.78 is 13.8. The lowest BCUT2D eigenvalue weighted by atomic mass is 9.89. The molecule has 17 heavy (non-hydrogen) atoms. The first kappa shape index (κ1) is 11.7. The Morgan fingerprint density at radius 2 is 2.18 bits per heavy atom. The van der Waals surface area contributed by atoms with Crippen molar-refractivity contribution in [3.63, 3.8) is 0 Å². The highest BCUT2D eigenvalue weighted by Crippen LogP contribution is 2.27. The van der Waals surface area contributed by atoms with Gasteiger partial charge in [-0.05, 0) is 18.1 Å². The molecule has 4 nitrogen and oxygen atoms in total. The number of benzene rings is 1. The third-order valence-electron chi connectivity index (χ3n) is 2.92. The van der Waals surface area contributed by atoms with Crippen LogP contribution in [-0.4, -0.2) is 11.8 Å². The lowest BCUT2D eigenvalue weighted by Gasteiger charge is -2.21. The Labute approximate surface area is 98.0 Å². The zero-order valence-corrected chi connectivity index (χ0v) is 9.20. The van der Waals surface area contributed by atoms with Gasteiger partial charge in [0.2, 0.25) is 11.8 Å². The van der Waals surface area contributed by atoms with Gasteiger partial charge in [-0.3, -0.25) is 14.9 Å². The van der Waals surface area contributed by atoms with Gasteiger partial charge in [-0.1, -0.05) is 12.1 Å². The summed E-state index contributed by atoms with van der Waals surface area (Å²) in [6.45, 7) is 0.256. The van der Waals surface area contributed by atoms with E-state index in [4.69, 9.17) is 5.73 Å². The van der Waals surface area contributed by atoms with Crippen LogP contribution in [0.4, 0.5) is 4.39 Å². The van der Waals surface area contributed by atoms with Crippen LogP contribution < -0.4 is 11.1 Å². The number of nitrogens with one attached hydrogen (secondary N) is 1. The van der Waals surface area contributed by atoms with Crippen molar-refractivity contribution < 1.29 is 14.0 Å². The maximum atomic E-state index is 13.8. The van der Waals surface area contributed by atoms with Crippen LogP contribution >= 0.6 is 0 Å². The van der Waals surface area contributed by atoms with Gasteiger partial charge in [0.05, 0.1) is 5.92 Å². The Balaban J connectivity index is 2.28. The molecule has 0 aromatic heterocycles. The summed E-state index contributed by atoms with van der Waals surface area (Å²) in [5.41, 5.74) is 6.41. The fourth-order valence-electron chi connectivity index (χ4n) is 1.97. The highest BCUT2D eigenvalue weighted by molar-refractivity contribution is 6.00. The summed E-state index contributed by atoms with van der Waals surface area (Å²) in [6.07, 6.45) is 0.595. The van der Waals surface area contributed by atoms with Crippen LogP contribution in [0.25, 0.3) is 0 Å². The van der Waals surface area contributed by atoms with E-state index in [1.54, 1.807) is 12.1 Å². The minimum atomic E-state index is -0.584. The van der Waals surface area contributed by atoms with Crippen molar-refractivity contribution in [3.05, 3.63) is 35.1 Å². The van der Waals surface area contributed by atoms with E-state index < -0.39 is 17.6 Å². The Kier molecular flexibility index (Phi) is 3.19. The van der Waals surface area contributed by atoms with E-state index in [1.807, 2.05) is 0 Å². The van der Waals surface area contributed by atoms with E-state index in [-0.39, 0.29) is 18.9 Å². The van der Waals surface area contributed by atoms with E-state index >= 15 is 0 Å². The zero-order valence-electron chi connectivity index (χ0n) is 9.20. The molecule has 0 saturated carbocycles. The van der Waals surface area contributed by atoms with Gasteiger partial charge in [0.25, 0.3) is 0 Å². The van der Waals surface area contributed by atoms with Crippen LogP contribution in [0.2, 0.25) is 0 Å². The molecule has 0 spiro atoms. The average Bonchev–Trinajstić information content (AvgIpc) is 2.30. The molecule has 2 rings (SSSR count). The Bertz CT molecular complexity index is 474. The maximum absolute atomic E-state index is 13.8. The van der Waals surface area contributed by atoms with Gasteiger partial charge >= 0.3 is 0 Å². The predicted octanol–water partition coefficient (Wildman–Crippen LogP) is 0.805. The fourth-order valence-corrected chi connectivity index (χ4v) is 1.97. The molecule has 1 fully saturated rings. The minimum Gasteiger partial charge on any atom is -0.326 e. The van der Waals surface area contributed by atoms with E-state index in [0.717, 1.165) is 0 Å². The third kappa shape index (κ3) is 2.34. The molecule has 0 bridgehead atoms. The molecule has 1 unspecified atom stereocenters. The lowest BCUT2D eigenvalue weighted by molar-refractivity contribution is -0.134. The number of hydrogen-bond donors (Lipinski definition) is 2. The average molecular weight is 236 g/mol. The van der Waals surface area contributed by atoms with Gasteiger partial charge in [-0.2, -0.15) is 0 Å². The van der Waals surface area contributed by atoms with Crippen molar-refractivity contribution in [3.8, 4) is 0 Å². The molecule has 1 aliphatic rings. The molecule has 1 saturated heterocycles. The van der Waals surface area contributed by atoms with Crippen molar-refractivity contribution in [2.24, 2.45) is 5.73 Å². The van der Waals surface area contributed by atoms with E-state index in [9.17, 15) is 14.0 Å². The van der Waals surface area contributed by atoms with Gasteiger partial charge in [-0.15, -0.1) is 0 Å². The minimum absolute atomic E-state index is 0.245. The zero-order chi connectivity index (χ0) is 12.4. The molecule has 0 radical (unpaired) electrons. The number of piperidine rings is 1. The maximum Gasteiger partial charge on any atom is 0.234 e. The second-order valence-electron chi connectivity index (χ2n) is 4.06. The van der Waals surface area contributed by atoms with Crippen LogP contribution in [0, 0.1) is 5.82 Å². The highest BCUT2D eigenvalue weighted by Gasteiger charge is 2.29. The second kappa shape index (κ2) is 4.63. The monoisotopic (exact) mass is 236 g/mol. The smallest absolute Gasteiger partial charge is 0.234 e. The largest absolute Gasteiger partial charge is 0.326 e. The van der Waals surface area contributed by atoms with Crippen LogP contribution in [0.3, 0.4) is 0 Å². The van der Waals surface area contributed by atoms with Crippen LogP contribution in [0.5, 0.6) is 0 Å². The van der Waals surface area contributed by atoms with Crippen molar-refractivity contribution >= 4 is 11.8 Å². The Morgan fingerprint density at radius 1 is 1.41 bits per heavy atom. The summed E-state index contributed by atoms with van der Waals surface area (Å²) in [6, 6.07) is 4.60. The molecule has 3 N–H and O–H groups in total. The van der Waals surface area contributed by atoms with Crippen LogP contribution in [-0.2, 0) is 16.1 Å². The number of imide groups is 1. The first-order chi connectivity index (χ1) is 8.11. The molecule has 1 atom stereocenters. The van der Waals surface area contributed by atoms with Crippen molar-refractivity contribution in [1.29, 1.82) is 0 Å². The van der Waals surface area contributed by atoms with E-state index in [2.05, 4.69) is 5.32 Å². The molecular formula is C12H13FN2O2. The van der Waals surface area contributed by atoms with Gasteiger partial charge in [0.15, 0.2) is 0 Å². The molecule has 1 aromatic carbocycles. The van der Waals surface area contributed by atoms with Crippen molar-refractivity contribution in [1.82, 2.24) is 5.32 Å². The molecule has 90 valence electrons. The summed E-state index contributed by atoms with van der Waals surface area (Å²) in [5.74, 6) is -1.76. The van der Waals surface area contributed by atoms with E-state index in [1.165, 1.54) is 6.07 Å². The number of amides is 2. The molecular weight excluding hydrogens is 223 g/mol. The van der Waals surface area contributed by atoms with E-state index in [0.29, 0.717) is 17.5 Å². The summed E-state index contributed by atoms with van der Waals surface area (Å²) in [4.78, 5) is 22.6. The normalized spacial score (nSPS) is 20.2. The number of carbonyl (C=O) groups is 2. The third-order valence-corrected chi connectivity index (χ3v) is 2.92. The van der Waals surface area contributed by atoms with Gasteiger partial charge in [0, 0.05) is 18.5 Å². The molecule has 2 amide bonds. The second-order valence-corrected chi connectivity index (χ2v) is 4.06. The first-order valence-corrected chi connectivity index (χ1v) is 5.44. The number of rotatable bonds is 2. The Hall–Kier alpha value is -1.75. The highest BCUT2D eigenvalue weighted by atomic mass is 19.1. The molecule has 1 heterocycles. The fraction of sp³-hybridized carbons (Fsp3) is 0.333. The van der Waals surface area contributed by atoms with Crippen LogP contribution in [0.1, 0.15) is 29.9 Å². The quantitative estimate of drug-likeness (QED) is 0.746. The number of carbonyl (C=O) groups excluding carboxylic acids is 2. The summed E-state index contributed by atoms with van der Waals surface area (Å²) >= 11 is 0. The van der Waals surface area contributed by atoms with Gasteiger partial charge in [0.1, 0.15) is 5.82 Å². The molecule has 0 aliphatic carbocycles. The predicted molar refractivity (Wildman–Crippen MR) is 59.4 cm³/mol. The van der Waals surface area contributed by atoms with Crippen molar-refractivity contribution in [2.45, 2.75) is 25.3 Å². The van der Waals surface area contributed by atoms with Gasteiger partial charge < -0.3 is 5.73 Å². The number of hydrogen-bond acceptors (Lipinski definition) is 3. The number of nitrogens with two attached hydrogens (primary N) is 1. The molecule has 1 aromatic rings. The standard InChI is InChI=1S/C12H13FN2O2/c13-10-5-7(6-14)1-2-8(10)9-3-4-11(16)15-12(9)17/h1-2,5,9H,3-4,6,14H2,(H,15,16,17). The lowest BCUT2D eigenvalue weighted by Crippen LogP contribution is -2.39. The van der Waals surface area contributed by atoms with Crippen LogP contribution in [0.15, 0.2) is 18.2 Å². The SMILES string of the molecule is NCc1ccc(C2CCC(=O)NC2=O)c(F)c1. The molecule has 1 aliphatic heterocycles. The topological polar surface area (TPSA) is 72.2 Å². The summed E-state index contributed by atoms with van der Waals surface area (Å²) in [5, 5.41) is 2.21. The molecule has 5 heteroatoms. The first-order valence-electron chi connectivity index (χ1n) is 5.44. The van der Waals surface area contributed by atoms with Crippen molar-refractivity contribution in [2.75, 3.05) is 0 Å². The number of halogens is 1. The Morgan fingerprint density at radius 3 is 2.76 bits per heavy atom. The van der Waals surface area contributed by atoms with Gasteiger partial charge in [-0.25, -0.2) is 4.39 Å². The summed E-state index contributed by atoms with van der Waals surface area (Å²) in [7, 11) is 0.